The summed E-state index contributed by atoms with van der Waals surface area (Å²) in [5.41, 5.74) is 9.19. The Labute approximate surface area is 268 Å². The second-order valence-electron chi connectivity index (χ2n) is 11.6. The van der Waals surface area contributed by atoms with Crippen LogP contribution in [-0.2, 0) is 0 Å². The molecular formula is C40H24N6O. The van der Waals surface area contributed by atoms with Crippen molar-refractivity contribution in [3.8, 4) is 34.3 Å². The summed E-state index contributed by atoms with van der Waals surface area (Å²) in [5.74, 6) is 3.09. The van der Waals surface area contributed by atoms with Gasteiger partial charge in [-0.3, -0.25) is 8.80 Å². The number of rotatable bonds is 4. The number of ether oxygens (including phenoxy) is 1. The van der Waals surface area contributed by atoms with E-state index in [0.717, 1.165) is 77.9 Å². The second kappa shape index (κ2) is 9.95. The minimum Gasteiger partial charge on any atom is -0.457 e. The van der Waals surface area contributed by atoms with Crippen LogP contribution in [0.3, 0.4) is 0 Å². The zero-order chi connectivity index (χ0) is 30.9. The molecule has 0 aliphatic carbocycles. The molecule has 7 heteroatoms. The van der Waals surface area contributed by atoms with E-state index in [-0.39, 0.29) is 0 Å². The first kappa shape index (κ1) is 25.7. The van der Waals surface area contributed by atoms with Crippen molar-refractivity contribution in [1.82, 2.24) is 28.7 Å². The van der Waals surface area contributed by atoms with Crippen LogP contribution in [0.25, 0.3) is 77.9 Å². The molecule has 10 rings (SSSR count). The van der Waals surface area contributed by atoms with E-state index < -0.39 is 0 Å². The van der Waals surface area contributed by atoms with E-state index in [1.54, 1.807) is 0 Å². The van der Waals surface area contributed by atoms with Crippen LogP contribution in [0.4, 0.5) is 0 Å². The molecule has 0 spiro atoms. The first-order valence-electron chi connectivity index (χ1n) is 15.5. The molecule has 4 aromatic heterocycles. The third-order valence-corrected chi connectivity index (χ3v) is 8.72. The Kier molecular flexibility index (Phi) is 5.44. The van der Waals surface area contributed by atoms with E-state index in [4.69, 9.17) is 24.7 Å². The largest absolute Gasteiger partial charge is 0.457 e. The molecule has 0 aliphatic heterocycles. The first-order chi connectivity index (χ1) is 23.3. The van der Waals surface area contributed by atoms with Gasteiger partial charge in [-0.05, 0) is 48.5 Å². The van der Waals surface area contributed by atoms with Gasteiger partial charge in [-0.1, -0.05) is 84.9 Å². The number of para-hydroxylation sites is 2. The molecule has 6 aromatic carbocycles. The molecule has 4 heterocycles. The average Bonchev–Trinajstić information content (AvgIpc) is 3.71. The van der Waals surface area contributed by atoms with Crippen molar-refractivity contribution in [3.05, 3.63) is 146 Å². The summed E-state index contributed by atoms with van der Waals surface area (Å²) < 4.78 is 10.7. The van der Waals surface area contributed by atoms with Gasteiger partial charge < -0.3 is 4.74 Å². The SMILES string of the molecule is c1ccc(-c2nc3ccccc3c3nc4cc(Oc5ccc6c(c5)nc5c7ccccc7nc(-c7ccccc7)n65)ccc4n23)cc1. The summed E-state index contributed by atoms with van der Waals surface area (Å²) in [6, 6.07) is 48.8. The summed E-state index contributed by atoms with van der Waals surface area (Å²) >= 11 is 0. The molecular weight excluding hydrogens is 580 g/mol. The quantitative estimate of drug-likeness (QED) is 0.200. The molecule has 220 valence electrons. The fourth-order valence-electron chi connectivity index (χ4n) is 6.58. The third-order valence-electron chi connectivity index (χ3n) is 8.72. The number of hydrogen-bond donors (Lipinski definition) is 0. The number of nitrogens with zero attached hydrogens (tertiary/aromatic N) is 6. The Morgan fingerprint density at radius 3 is 1.28 bits per heavy atom. The van der Waals surface area contributed by atoms with Crippen molar-refractivity contribution >= 4 is 55.2 Å². The van der Waals surface area contributed by atoms with Gasteiger partial charge in [0.2, 0.25) is 0 Å². The molecule has 0 saturated heterocycles. The van der Waals surface area contributed by atoms with Gasteiger partial charge in [0.05, 0.1) is 33.1 Å². The minimum absolute atomic E-state index is 0.694. The molecule has 10 aromatic rings. The van der Waals surface area contributed by atoms with Gasteiger partial charge in [-0.2, -0.15) is 0 Å². The van der Waals surface area contributed by atoms with Gasteiger partial charge in [0.25, 0.3) is 0 Å². The van der Waals surface area contributed by atoms with Crippen molar-refractivity contribution in [2.45, 2.75) is 0 Å². The van der Waals surface area contributed by atoms with E-state index in [2.05, 4.69) is 57.3 Å². The smallest absolute Gasteiger partial charge is 0.149 e. The Bertz CT molecular complexity index is 2630. The van der Waals surface area contributed by atoms with Crippen LogP contribution < -0.4 is 4.74 Å². The van der Waals surface area contributed by atoms with E-state index in [9.17, 15) is 0 Å². The van der Waals surface area contributed by atoms with Gasteiger partial charge in [0.1, 0.15) is 34.4 Å². The zero-order valence-electron chi connectivity index (χ0n) is 24.9. The fourth-order valence-corrected chi connectivity index (χ4v) is 6.58. The lowest BCUT2D eigenvalue weighted by Gasteiger charge is -2.10. The number of hydrogen-bond acceptors (Lipinski definition) is 5. The van der Waals surface area contributed by atoms with E-state index in [1.165, 1.54) is 0 Å². The van der Waals surface area contributed by atoms with Crippen molar-refractivity contribution in [1.29, 1.82) is 0 Å². The maximum Gasteiger partial charge on any atom is 0.149 e. The van der Waals surface area contributed by atoms with Crippen LogP contribution in [-0.4, -0.2) is 28.7 Å². The lowest BCUT2D eigenvalue weighted by Crippen LogP contribution is -1.97. The van der Waals surface area contributed by atoms with E-state index in [1.807, 2.05) is 97.1 Å². The average molecular weight is 605 g/mol. The van der Waals surface area contributed by atoms with Gasteiger partial charge in [0.15, 0.2) is 0 Å². The lowest BCUT2D eigenvalue weighted by atomic mass is 10.2. The predicted molar refractivity (Wildman–Crippen MR) is 187 cm³/mol. The van der Waals surface area contributed by atoms with Gasteiger partial charge >= 0.3 is 0 Å². The van der Waals surface area contributed by atoms with E-state index in [0.29, 0.717) is 11.5 Å². The maximum atomic E-state index is 6.46. The predicted octanol–water partition coefficient (Wildman–Crippen LogP) is 9.51. The summed E-state index contributed by atoms with van der Waals surface area (Å²) in [5, 5.41) is 2.00. The molecule has 0 radical (unpaired) electrons. The zero-order valence-corrected chi connectivity index (χ0v) is 24.9. The molecule has 0 atom stereocenters. The number of benzene rings is 6. The maximum absolute atomic E-state index is 6.46. The standard InChI is InChI=1S/C40H24N6O/c1-3-11-25(12-4-1)37-41-31-17-9-7-15-29(31)39-43-33-23-27(19-21-35(33)45(37)39)47-28-20-22-36-34(24-28)44-40-30-16-8-10-18-32(30)42-38(46(36)40)26-13-5-2-6-14-26/h1-24H. The number of aromatic nitrogens is 6. The normalized spacial score (nSPS) is 11.8. The van der Waals surface area contributed by atoms with Crippen LogP contribution in [0, 0.1) is 0 Å². The molecule has 0 unspecified atom stereocenters. The second-order valence-corrected chi connectivity index (χ2v) is 11.6. The third kappa shape index (κ3) is 4.00. The first-order valence-corrected chi connectivity index (χ1v) is 15.5. The monoisotopic (exact) mass is 604 g/mol. The molecule has 7 nitrogen and oxygen atoms in total. The van der Waals surface area contributed by atoms with Crippen LogP contribution in [0.15, 0.2) is 146 Å². The summed E-state index contributed by atoms with van der Waals surface area (Å²) in [6.07, 6.45) is 0. The van der Waals surface area contributed by atoms with Gasteiger partial charge in [0, 0.05) is 34.0 Å². The highest BCUT2D eigenvalue weighted by Gasteiger charge is 2.18. The van der Waals surface area contributed by atoms with E-state index >= 15 is 0 Å². The van der Waals surface area contributed by atoms with Crippen molar-refractivity contribution < 1.29 is 4.74 Å². The van der Waals surface area contributed by atoms with Crippen molar-refractivity contribution in [2.75, 3.05) is 0 Å². The Morgan fingerprint density at radius 1 is 0.383 bits per heavy atom. The molecule has 0 bridgehead atoms. The Balaban J connectivity index is 1.11. The minimum atomic E-state index is 0.694. The highest BCUT2D eigenvalue weighted by molar-refractivity contribution is 6.00. The lowest BCUT2D eigenvalue weighted by molar-refractivity contribution is 0.484. The van der Waals surface area contributed by atoms with Crippen LogP contribution in [0.1, 0.15) is 0 Å². The number of imidazole rings is 2. The summed E-state index contributed by atoms with van der Waals surface area (Å²) in [4.78, 5) is 20.3. The fraction of sp³-hybridized carbons (Fsp3) is 0. The van der Waals surface area contributed by atoms with Crippen molar-refractivity contribution in [3.63, 3.8) is 0 Å². The van der Waals surface area contributed by atoms with Crippen LogP contribution >= 0.6 is 0 Å². The Morgan fingerprint density at radius 2 is 0.809 bits per heavy atom. The van der Waals surface area contributed by atoms with Crippen LogP contribution in [0.2, 0.25) is 0 Å². The highest BCUT2D eigenvalue weighted by atomic mass is 16.5. The van der Waals surface area contributed by atoms with Gasteiger partial charge in [-0.25, -0.2) is 19.9 Å². The molecule has 0 saturated carbocycles. The topological polar surface area (TPSA) is 69.6 Å². The molecule has 0 fully saturated rings. The highest BCUT2D eigenvalue weighted by Crippen LogP contribution is 2.34. The Hall–Kier alpha value is -6.60. The molecule has 0 amide bonds. The summed E-state index contributed by atoms with van der Waals surface area (Å²) in [7, 11) is 0. The molecule has 0 aliphatic rings. The summed E-state index contributed by atoms with van der Waals surface area (Å²) in [6.45, 7) is 0. The molecule has 0 N–H and O–H groups in total. The number of fused-ring (bicyclic) bond motifs is 10. The molecule has 47 heavy (non-hydrogen) atoms. The van der Waals surface area contributed by atoms with Gasteiger partial charge in [-0.15, -0.1) is 0 Å². The van der Waals surface area contributed by atoms with Crippen molar-refractivity contribution in [2.24, 2.45) is 0 Å². The van der Waals surface area contributed by atoms with Crippen LogP contribution in [0.5, 0.6) is 11.5 Å².